The van der Waals surface area contributed by atoms with Gasteiger partial charge in [0.25, 0.3) is 0 Å². The lowest BCUT2D eigenvalue weighted by molar-refractivity contribution is 0.240. The van der Waals surface area contributed by atoms with Crippen molar-refractivity contribution >= 4 is 17.4 Å². The summed E-state index contributed by atoms with van der Waals surface area (Å²) in [6.45, 7) is 4.37. The van der Waals surface area contributed by atoms with Gasteiger partial charge in [-0.05, 0) is 36.3 Å². The van der Waals surface area contributed by atoms with Gasteiger partial charge in [0, 0.05) is 55.6 Å². The topological polar surface area (TPSA) is 107 Å². The number of pyridine rings is 2. The fourth-order valence-electron chi connectivity index (χ4n) is 3.96. The zero-order valence-electron chi connectivity index (χ0n) is 19.5. The Labute approximate surface area is 203 Å². The fourth-order valence-corrected chi connectivity index (χ4v) is 3.96. The highest BCUT2D eigenvalue weighted by Crippen LogP contribution is 2.29. The first-order chi connectivity index (χ1) is 17.1. The average Bonchev–Trinajstić information content (AvgIpc) is 3.34. The Balaban J connectivity index is 1.50. The summed E-state index contributed by atoms with van der Waals surface area (Å²) in [6, 6.07) is 7.38. The Kier molecular flexibility index (Phi) is 7.33. The molecule has 9 heteroatoms. The van der Waals surface area contributed by atoms with E-state index in [1.165, 1.54) is 13.2 Å². The smallest absolute Gasteiger partial charge is 0.250 e. The molecule has 0 spiro atoms. The van der Waals surface area contributed by atoms with Gasteiger partial charge in [0.05, 0.1) is 30.7 Å². The normalized spacial score (nSPS) is 16.9. The maximum Gasteiger partial charge on any atom is 0.250 e. The number of nitrogens with one attached hydrogen (secondary N) is 2. The number of ether oxygens (including phenoxy) is 2. The zero-order valence-corrected chi connectivity index (χ0v) is 19.5. The fraction of sp³-hybridized carbons (Fsp3) is 0.231. The van der Waals surface area contributed by atoms with E-state index in [4.69, 9.17) is 14.9 Å². The van der Waals surface area contributed by atoms with Gasteiger partial charge < -0.3 is 20.2 Å². The van der Waals surface area contributed by atoms with Crippen LogP contribution in [0.2, 0.25) is 0 Å². The van der Waals surface area contributed by atoms with Gasteiger partial charge in [0.1, 0.15) is 11.8 Å². The molecule has 0 atom stereocenters. The monoisotopic (exact) mass is 472 g/mol. The minimum Gasteiger partial charge on any atom is -0.492 e. The van der Waals surface area contributed by atoms with E-state index in [9.17, 15) is 9.65 Å². The number of rotatable bonds is 8. The predicted octanol–water partition coefficient (Wildman–Crippen LogP) is 3.82. The molecule has 35 heavy (non-hydrogen) atoms. The van der Waals surface area contributed by atoms with Gasteiger partial charge in [-0.1, -0.05) is 12.1 Å². The lowest BCUT2D eigenvalue weighted by Crippen LogP contribution is -2.20. The van der Waals surface area contributed by atoms with Crippen LogP contribution in [0.25, 0.3) is 11.1 Å². The summed E-state index contributed by atoms with van der Waals surface area (Å²) in [5.74, 6) is 0.154. The number of nitrogens with zero attached hydrogens (tertiary/aromatic N) is 4. The molecule has 4 heterocycles. The molecule has 0 radical (unpaired) electrons. The van der Waals surface area contributed by atoms with Gasteiger partial charge in [0.2, 0.25) is 5.88 Å². The lowest BCUT2D eigenvalue weighted by Gasteiger charge is -2.20. The van der Waals surface area contributed by atoms with Crippen molar-refractivity contribution < 1.29 is 13.9 Å². The van der Waals surface area contributed by atoms with E-state index in [1.54, 1.807) is 18.6 Å². The highest BCUT2D eigenvalue weighted by Gasteiger charge is 2.20. The molecular formula is C26H25FN6O2. The summed E-state index contributed by atoms with van der Waals surface area (Å²) >= 11 is 0. The molecule has 0 fully saturated rings. The third-order valence-electron chi connectivity index (χ3n) is 5.62. The van der Waals surface area contributed by atoms with Crippen LogP contribution < -0.4 is 10.1 Å². The van der Waals surface area contributed by atoms with Gasteiger partial charge >= 0.3 is 0 Å². The van der Waals surface area contributed by atoms with Gasteiger partial charge in [-0.15, -0.1) is 0 Å². The average molecular weight is 473 g/mol. The van der Waals surface area contributed by atoms with Crippen LogP contribution in [0.15, 0.2) is 66.0 Å². The third kappa shape index (κ3) is 5.28. The molecule has 2 aromatic heterocycles. The Morgan fingerprint density at radius 1 is 1.34 bits per heavy atom. The number of dihydropyridines is 1. The summed E-state index contributed by atoms with van der Waals surface area (Å²) < 4.78 is 24.5. The zero-order chi connectivity index (χ0) is 24.8. The summed E-state index contributed by atoms with van der Waals surface area (Å²) in [6.07, 6.45) is 10.0. The molecule has 178 valence electrons. The van der Waals surface area contributed by atoms with Crippen molar-refractivity contribution in [1.82, 2.24) is 20.2 Å². The molecule has 8 nitrogen and oxygen atoms in total. The third-order valence-corrected chi connectivity index (χ3v) is 5.62. The van der Waals surface area contributed by atoms with Crippen LogP contribution in [-0.2, 0) is 11.3 Å². The van der Waals surface area contributed by atoms with E-state index in [-0.39, 0.29) is 11.5 Å². The van der Waals surface area contributed by atoms with Gasteiger partial charge in [-0.3, -0.25) is 9.88 Å². The highest BCUT2D eigenvalue weighted by molar-refractivity contribution is 5.93. The Bertz CT molecular complexity index is 1290. The van der Waals surface area contributed by atoms with Crippen LogP contribution in [-0.4, -0.2) is 47.9 Å². The molecule has 2 aliphatic heterocycles. The van der Waals surface area contributed by atoms with E-state index >= 15 is 0 Å². The molecule has 0 aliphatic carbocycles. The summed E-state index contributed by atoms with van der Waals surface area (Å²) in [7, 11) is 1.39. The molecule has 2 aliphatic rings. The quantitative estimate of drug-likeness (QED) is 0.444. The van der Waals surface area contributed by atoms with E-state index < -0.39 is 5.82 Å². The molecule has 0 aromatic carbocycles. The molecular weight excluding hydrogens is 447 g/mol. The van der Waals surface area contributed by atoms with Crippen molar-refractivity contribution in [2.24, 2.45) is 0 Å². The molecule has 0 saturated carbocycles. The van der Waals surface area contributed by atoms with Crippen LogP contribution in [0.4, 0.5) is 4.39 Å². The highest BCUT2D eigenvalue weighted by atomic mass is 19.1. The van der Waals surface area contributed by atoms with Crippen molar-refractivity contribution in [2.45, 2.75) is 13.5 Å². The number of halogens is 1. The van der Waals surface area contributed by atoms with Crippen molar-refractivity contribution in [3.05, 3.63) is 88.6 Å². The first-order valence-electron chi connectivity index (χ1n) is 11.1. The summed E-state index contributed by atoms with van der Waals surface area (Å²) in [5, 5.41) is 20.1. The largest absolute Gasteiger partial charge is 0.492 e. The number of allylic oxidation sites excluding steroid dienone is 3. The van der Waals surface area contributed by atoms with Crippen molar-refractivity contribution in [1.29, 1.82) is 10.7 Å². The second kappa shape index (κ2) is 10.8. The van der Waals surface area contributed by atoms with E-state index in [0.29, 0.717) is 31.2 Å². The number of nitriles is 1. The van der Waals surface area contributed by atoms with Crippen LogP contribution >= 0.6 is 0 Å². The molecule has 2 N–H and O–H groups in total. The van der Waals surface area contributed by atoms with Crippen LogP contribution in [0.1, 0.15) is 23.7 Å². The number of methoxy groups -OCH3 is 1. The van der Waals surface area contributed by atoms with Crippen molar-refractivity contribution in [3.8, 4) is 11.9 Å². The number of hydrogen-bond acceptors (Lipinski definition) is 8. The molecule has 4 rings (SSSR count). The predicted molar refractivity (Wildman–Crippen MR) is 130 cm³/mol. The van der Waals surface area contributed by atoms with Crippen molar-refractivity contribution in [2.75, 3.05) is 26.8 Å². The van der Waals surface area contributed by atoms with Crippen LogP contribution in [0, 0.1) is 22.6 Å². The molecule has 2 aromatic rings. The van der Waals surface area contributed by atoms with Gasteiger partial charge in [-0.25, -0.2) is 9.37 Å². The second-order valence-corrected chi connectivity index (χ2v) is 7.89. The minimum atomic E-state index is -0.473. The van der Waals surface area contributed by atoms with Gasteiger partial charge in [0.15, 0.2) is 5.82 Å². The lowest BCUT2D eigenvalue weighted by atomic mass is 9.98. The number of hydrogen-bond donors (Lipinski definition) is 2. The SMILES string of the molecule is CCOC1=CN/C(=C(/C#N)C=N)C(c2ccc(C3=CCN(Cc4cnc(OC)c(F)c4)C3)nc2)=C1. The minimum absolute atomic E-state index is 0.00839. The molecule has 0 bridgehead atoms. The first-order valence-corrected chi connectivity index (χ1v) is 11.1. The molecule has 0 unspecified atom stereocenters. The standard InChI is InChI=1S/C26H25FN6O2/c1-3-35-21-9-22(25(31-14-21)20(10-28)11-29)18-4-5-24(30-13-18)19-6-7-33(16-19)15-17-8-23(27)26(34-2)32-12-17/h4-6,8-10,12-14,28,31H,3,7,15-16H2,1-2H3/b25-20+,28-10?. The maximum absolute atomic E-state index is 14.0. The van der Waals surface area contributed by atoms with Crippen LogP contribution in [0.3, 0.4) is 0 Å². The Morgan fingerprint density at radius 3 is 2.86 bits per heavy atom. The van der Waals surface area contributed by atoms with E-state index in [2.05, 4.69) is 32.3 Å². The maximum atomic E-state index is 14.0. The first kappa shape index (κ1) is 23.9. The van der Waals surface area contributed by atoms with E-state index in [0.717, 1.165) is 40.7 Å². The summed E-state index contributed by atoms with van der Waals surface area (Å²) in [5.41, 5.74) is 4.97. The Hall–Kier alpha value is -4.29. The second-order valence-electron chi connectivity index (χ2n) is 7.89. The molecule has 0 saturated heterocycles. The van der Waals surface area contributed by atoms with Crippen molar-refractivity contribution in [3.63, 3.8) is 0 Å². The summed E-state index contributed by atoms with van der Waals surface area (Å²) in [4.78, 5) is 10.8. The van der Waals surface area contributed by atoms with Gasteiger partial charge in [-0.2, -0.15) is 5.26 Å². The van der Waals surface area contributed by atoms with E-state index in [1.807, 2.05) is 25.1 Å². The molecule has 0 amide bonds. The Morgan fingerprint density at radius 2 is 2.20 bits per heavy atom. The number of aromatic nitrogens is 2. The van der Waals surface area contributed by atoms with Crippen LogP contribution in [0.5, 0.6) is 5.88 Å².